The monoisotopic (exact) mass is 452 g/mol. The highest BCUT2D eigenvalue weighted by atomic mass is 32.2. The maximum atomic E-state index is 13.2. The van der Waals surface area contributed by atoms with Crippen molar-refractivity contribution in [2.75, 3.05) is 10.7 Å². The fraction of sp³-hybridized carbons (Fsp3) is 0.458. The van der Waals surface area contributed by atoms with E-state index in [1.807, 2.05) is 11.0 Å². The van der Waals surface area contributed by atoms with Crippen molar-refractivity contribution in [2.45, 2.75) is 69.1 Å². The lowest BCUT2D eigenvalue weighted by molar-refractivity contribution is -0.116. The maximum Gasteiger partial charge on any atom is 0.237 e. The highest BCUT2D eigenvalue weighted by Gasteiger charge is 2.31. The summed E-state index contributed by atoms with van der Waals surface area (Å²) >= 11 is 3.31. The largest absolute Gasteiger partial charge is 0.308 e. The van der Waals surface area contributed by atoms with Gasteiger partial charge in [0.05, 0.1) is 5.75 Å². The Morgan fingerprint density at radius 3 is 2.77 bits per heavy atom. The minimum Gasteiger partial charge on any atom is -0.308 e. The zero-order valence-electron chi connectivity index (χ0n) is 17.9. The number of carbonyl (C=O) groups is 1. The van der Waals surface area contributed by atoms with Gasteiger partial charge >= 0.3 is 0 Å². The Hall–Kier alpha value is -2.12. The summed E-state index contributed by atoms with van der Waals surface area (Å²) in [7, 11) is 0. The Morgan fingerprint density at radius 1 is 1.13 bits per heavy atom. The number of hydrogen-bond acceptors (Lipinski definition) is 5. The number of rotatable bonds is 6. The summed E-state index contributed by atoms with van der Waals surface area (Å²) in [5.41, 5.74) is 2.32. The standard InChI is InChI=1S/C24H28N4OS2/c1-17-14-18-8-5-6-12-21(18)27(17)23(29)16-31-24-26-25-22(15-20-11-7-13-30-20)28(24)19-9-3-2-4-10-19/h5-8,11-13,17,19H,2-4,9-10,14-16H2,1H3. The van der Waals surface area contributed by atoms with E-state index < -0.39 is 0 Å². The fourth-order valence-electron chi connectivity index (χ4n) is 4.94. The molecule has 0 spiro atoms. The van der Waals surface area contributed by atoms with Crippen LogP contribution in [0.15, 0.2) is 46.9 Å². The van der Waals surface area contributed by atoms with Gasteiger partial charge in [0.2, 0.25) is 5.91 Å². The molecule has 5 rings (SSSR count). The van der Waals surface area contributed by atoms with E-state index in [4.69, 9.17) is 0 Å². The molecule has 1 atom stereocenters. The Balaban J connectivity index is 1.35. The minimum absolute atomic E-state index is 0.153. The van der Waals surface area contributed by atoms with Gasteiger partial charge in [-0.2, -0.15) is 0 Å². The van der Waals surface area contributed by atoms with E-state index >= 15 is 0 Å². The van der Waals surface area contributed by atoms with Crippen LogP contribution < -0.4 is 4.90 Å². The Kier molecular flexibility index (Phi) is 6.14. The molecule has 1 fully saturated rings. The second kappa shape index (κ2) is 9.17. The smallest absolute Gasteiger partial charge is 0.237 e. The number of amides is 1. The first-order valence-corrected chi connectivity index (χ1v) is 13.1. The number of para-hydroxylation sites is 1. The van der Waals surface area contributed by atoms with Crippen molar-refractivity contribution in [3.05, 3.63) is 58.0 Å². The van der Waals surface area contributed by atoms with Gasteiger partial charge in [-0.3, -0.25) is 4.79 Å². The highest BCUT2D eigenvalue weighted by Crippen LogP contribution is 2.35. The van der Waals surface area contributed by atoms with Gasteiger partial charge < -0.3 is 9.47 Å². The van der Waals surface area contributed by atoms with Crippen LogP contribution in [0.5, 0.6) is 0 Å². The molecule has 1 amide bonds. The first-order valence-electron chi connectivity index (χ1n) is 11.2. The average Bonchev–Trinajstić information content (AvgIpc) is 3.51. The number of nitrogens with zero attached hydrogens (tertiary/aromatic N) is 4. The predicted octanol–water partition coefficient (Wildman–Crippen LogP) is 5.51. The van der Waals surface area contributed by atoms with Gasteiger partial charge in [-0.05, 0) is 49.3 Å². The second-order valence-corrected chi connectivity index (χ2v) is 10.5. The van der Waals surface area contributed by atoms with Crippen molar-refractivity contribution in [1.29, 1.82) is 0 Å². The molecule has 0 saturated heterocycles. The first-order chi connectivity index (χ1) is 15.2. The Labute approximate surface area is 191 Å². The van der Waals surface area contributed by atoms with Crippen molar-refractivity contribution >= 4 is 34.7 Å². The number of anilines is 1. The van der Waals surface area contributed by atoms with E-state index in [-0.39, 0.29) is 11.9 Å². The van der Waals surface area contributed by atoms with Gasteiger partial charge in [0, 0.05) is 29.1 Å². The minimum atomic E-state index is 0.153. The third kappa shape index (κ3) is 4.30. The second-order valence-electron chi connectivity index (χ2n) is 8.55. The number of carbonyl (C=O) groups excluding carboxylic acids is 1. The molecule has 0 bridgehead atoms. The van der Waals surface area contributed by atoms with E-state index in [1.165, 1.54) is 42.5 Å². The van der Waals surface area contributed by atoms with Gasteiger partial charge in [-0.25, -0.2) is 0 Å². The molecule has 5 nitrogen and oxygen atoms in total. The predicted molar refractivity (Wildman–Crippen MR) is 127 cm³/mol. The van der Waals surface area contributed by atoms with Gasteiger partial charge in [0.25, 0.3) is 0 Å². The molecule has 2 aromatic heterocycles. The molecule has 0 N–H and O–H groups in total. The van der Waals surface area contributed by atoms with Crippen LogP contribution in [0.25, 0.3) is 0 Å². The summed E-state index contributed by atoms with van der Waals surface area (Å²) in [4.78, 5) is 16.5. The van der Waals surface area contributed by atoms with E-state index in [1.54, 1.807) is 23.1 Å². The lowest BCUT2D eigenvalue weighted by atomic mass is 9.95. The summed E-state index contributed by atoms with van der Waals surface area (Å²) in [6.07, 6.45) is 7.91. The van der Waals surface area contributed by atoms with Crippen LogP contribution in [-0.4, -0.2) is 32.5 Å². The zero-order valence-corrected chi connectivity index (χ0v) is 19.5. The van der Waals surface area contributed by atoms with E-state index in [2.05, 4.69) is 57.4 Å². The number of hydrogen-bond donors (Lipinski definition) is 0. The van der Waals surface area contributed by atoms with Crippen molar-refractivity contribution in [2.24, 2.45) is 0 Å². The van der Waals surface area contributed by atoms with Crippen LogP contribution in [0.1, 0.15) is 61.3 Å². The lowest BCUT2D eigenvalue weighted by Gasteiger charge is -2.26. The normalized spacial score (nSPS) is 19.0. The summed E-state index contributed by atoms with van der Waals surface area (Å²) in [6.45, 7) is 2.13. The van der Waals surface area contributed by atoms with Gasteiger partial charge in [0.15, 0.2) is 5.16 Å². The number of aromatic nitrogens is 3. The van der Waals surface area contributed by atoms with Crippen molar-refractivity contribution < 1.29 is 4.79 Å². The molecule has 3 aromatic rings. The summed E-state index contributed by atoms with van der Waals surface area (Å²) in [5.74, 6) is 1.58. The molecule has 1 aromatic carbocycles. The summed E-state index contributed by atoms with van der Waals surface area (Å²) in [5, 5.41) is 12.1. The molecular formula is C24H28N4OS2. The maximum absolute atomic E-state index is 13.2. The van der Waals surface area contributed by atoms with Crippen LogP contribution in [0.3, 0.4) is 0 Å². The summed E-state index contributed by atoms with van der Waals surface area (Å²) < 4.78 is 2.35. The molecule has 1 saturated carbocycles. The zero-order chi connectivity index (χ0) is 21.2. The Bertz CT molecular complexity index is 1040. The van der Waals surface area contributed by atoms with E-state index in [9.17, 15) is 4.79 Å². The number of fused-ring (bicyclic) bond motifs is 1. The SMILES string of the molecule is CC1Cc2ccccc2N1C(=O)CSc1nnc(Cc2cccs2)n1C1CCCCC1. The molecular weight excluding hydrogens is 424 g/mol. The van der Waals surface area contributed by atoms with Gasteiger partial charge in [-0.15, -0.1) is 21.5 Å². The fourth-order valence-corrected chi connectivity index (χ4v) is 6.53. The Morgan fingerprint density at radius 2 is 1.97 bits per heavy atom. The number of thioether (sulfide) groups is 1. The third-order valence-corrected chi connectivity index (χ3v) is 8.19. The molecule has 0 radical (unpaired) electrons. The molecule has 1 aliphatic heterocycles. The van der Waals surface area contributed by atoms with Crippen LogP contribution in [0.4, 0.5) is 5.69 Å². The molecule has 162 valence electrons. The molecule has 31 heavy (non-hydrogen) atoms. The van der Waals surface area contributed by atoms with Crippen molar-refractivity contribution in [3.8, 4) is 0 Å². The van der Waals surface area contributed by atoms with E-state index in [0.29, 0.717) is 11.8 Å². The van der Waals surface area contributed by atoms with Gasteiger partial charge in [0.1, 0.15) is 5.82 Å². The van der Waals surface area contributed by atoms with Crippen molar-refractivity contribution in [3.63, 3.8) is 0 Å². The molecule has 7 heteroatoms. The highest BCUT2D eigenvalue weighted by molar-refractivity contribution is 7.99. The lowest BCUT2D eigenvalue weighted by Crippen LogP contribution is -2.37. The quantitative estimate of drug-likeness (QED) is 0.463. The topological polar surface area (TPSA) is 51.0 Å². The van der Waals surface area contributed by atoms with Crippen LogP contribution in [0.2, 0.25) is 0 Å². The average molecular weight is 453 g/mol. The van der Waals surface area contributed by atoms with Crippen molar-refractivity contribution in [1.82, 2.24) is 14.8 Å². The number of benzene rings is 1. The van der Waals surface area contributed by atoms with Crippen LogP contribution in [-0.2, 0) is 17.6 Å². The van der Waals surface area contributed by atoms with Crippen LogP contribution >= 0.6 is 23.1 Å². The molecule has 3 heterocycles. The third-order valence-electron chi connectivity index (χ3n) is 6.39. The first kappa shape index (κ1) is 20.8. The molecule has 1 unspecified atom stereocenters. The van der Waals surface area contributed by atoms with Gasteiger partial charge in [-0.1, -0.05) is 55.3 Å². The van der Waals surface area contributed by atoms with E-state index in [0.717, 1.165) is 29.5 Å². The molecule has 1 aliphatic carbocycles. The molecule has 2 aliphatic rings. The summed E-state index contributed by atoms with van der Waals surface area (Å²) in [6, 6.07) is 13.2. The van der Waals surface area contributed by atoms with Crippen LogP contribution in [0, 0.1) is 0 Å². The number of thiophene rings is 1.